The summed E-state index contributed by atoms with van der Waals surface area (Å²) < 4.78 is 0. The first-order valence-corrected chi connectivity index (χ1v) is 8.21. The Morgan fingerprint density at radius 1 is 1.45 bits per heavy atom. The van der Waals surface area contributed by atoms with Gasteiger partial charge in [0.25, 0.3) is 0 Å². The molecule has 1 aliphatic heterocycles. The van der Waals surface area contributed by atoms with E-state index in [4.69, 9.17) is 0 Å². The molecule has 0 aliphatic carbocycles. The summed E-state index contributed by atoms with van der Waals surface area (Å²) in [5.74, 6) is 0.739. The smallest absolute Gasteiger partial charge is 0.0897 e. The topological polar surface area (TPSA) is 44.8 Å². The van der Waals surface area contributed by atoms with Crippen molar-refractivity contribution in [3.8, 4) is 0 Å². The van der Waals surface area contributed by atoms with Crippen molar-refractivity contribution >= 4 is 11.3 Å². The highest BCUT2D eigenvalue weighted by molar-refractivity contribution is 7.09. The summed E-state index contributed by atoms with van der Waals surface area (Å²) in [5.41, 5.74) is 3.82. The molecule has 20 heavy (non-hydrogen) atoms. The van der Waals surface area contributed by atoms with E-state index in [2.05, 4.69) is 39.3 Å². The first kappa shape index (κ1) is 13.8. The van der Waals surface area contributed by atoms with Crippen LogP contribution >= 0.6 is 11.3 Å². The second kappa shape index (κ2) is 6.06. The van der Waals surface area contributed by atoms with E-state index in [1.54, 1.807) is 11.3 Å². The predicted octanol–water partition coefficient (Wildman–Crippen LogP) is 2.94. The van der Waals surface area contributed by atoms with Gasteiger partial charge in [-0.1, -0.05) is 0 Å². The van der Waals surface area contributed by atoms with E-state index >= 15 is 0 Å². The Morgan fingerprint density at radius 3 is 3.05 bits per heavy atom. The average Bonchev–Trinajstić information content (AvgIpc) is 3.00. The van der Waals surface area contributed by atoms with Gasteiger partial charge in [-0.15, -0.1) is 11.3 Å². The van der Waals surface area contributed by atoms with Crippen LogP contribution in [0.5, 0.6) is 0 Å². The van der Waals surface area contributed by atoms with Crippen LogP contribution in [0.4, 0.5) is 0 Å². The van der Waals surface area contributed by atoms with Crippen molar-refractivity contribution in [1.82, 2.24) is 20.1 Å². The van der Waals surface area contributed by atoms with Crippen molar-refractivity contribution in [3.05, 3.63) is 33.5 Å². The second-order valence-corrected chi connectivity index (χ2v) is 6.90. The number of rotatable bonds is 4. The zero-order valence-corrected chi connectivity index (χ0v) is 13.0. The Morgan fingerprint density at radius 2 is 2.35 bits per heavy atom. The average molecular weight is 290 g/mol. The molecule has 3 rings (SSSR count). The largest absolute Gasteiger partial charge is 0.297 e. The number of aryl methyl sites for hydroxylation is 2. The summed E-state index contributed by atoms with van der Waals surface area (Å²) in [5, 5.41) is 10.6. The molecule has 1 N–H and O–H groups in total. The fourth-order valence-corrected chi connectivity index (χ4v) is 3.64. The third-order valence-electron chi connectivity index (χ3n) is 4.08. The van der Waals surface area contributed by atoms with Gasteiger partial charge in [0.15, 0.2) is 0 Å². The van der Waals surface area contributed by atoms with Crippen molar-refractivity contribution < 1.29 is 0 Å². The van der Waals surface area contributed by atoms with Gasteiger partial charge in [-0.2, -0.15) is 5.10 Å². The minimum Gasteiger partial charge on any atom is -0.297 e. The zero-order valence-electron chi connectivity index (χ0n) is 12.2. The first-order chi connectivity index (χ1) is 9.70. The number of nitrogens with zero attached hydrogens (tertiary/aromatic N) is 3. The lowest BCUT2D eigenvalue weighted by Gasteiger charge is -2.32. The van der Waals surface area contributed by atoms with Gasteiger partial charge in [0.05, 0.1) is 16.9 Å². The molecule has 4 nitrogen and oxygen atoms in total. The number of hydrogen-bond donors (Lipinski definition) is 1. The molecule has 2 aromatic heterocycles. The number of thiazole rings is 1. The number of aromatic nitrogens is 3. The summed E-state index contributed by atoms with van der Waals surface area (Å²) in [6, 6.07) is 0. The lowest BCUT2D eigenvalue weighted by molar-refractivity contribution is 0.165. The molecule has 0 bridgehead atoms. The van der Waals surface area contributed by atoms with Gasteiger partial charge < -0.3 is 0 Å². The number of H-pyrrole nitrogens is 1. The Kier molecular flexibility index (Phi) is 4.17. The van der Waals surface area contributed by atoms with E-state index in [1.807, 2.05) is 6.20 Å². The first-order valence-electron chi connectivity index (χ1n) is 7.33. The molecule has 0 radical (unpaired) electrons. The summed E-state index contributed by atoms with van der Waals surface area (Å²) in [4.78, 5) is 7.13. The van der Waals surface area contributed by atoms with E-state index in [0.717, 1.165) is 18.9 Å². The monoisotopic (exact) mass is 290 g/mol. The van der Waals surface area contributed by atoms with Gasteiger partial charge in [0.2, 0.25) is 0 Å². The van der Waals surface area contributed by atoms with E-state index < -0.39 is 0 Å². The maximum atomic E-state index is 4.58. The molecule has 1 saturated heterocycles. The van der Waals surface area contributed by atoms with Crippen LogP contribution in [0.2, 0.25) is 0 Å². The SMILES string of the molecule is Cc1nc(CN2CCC[C@H](Cc3[nH]ncc3C)C2)cs1. The van der Waals surface area contributed by atoms with Crippen molar-refractivity contribution in [2.75, 3.05) is 13.1 Å². The van der Waals surface area contributed by atoms with Crippen LogP contribution in [0, 0.1) is 19.8 Å². The van der Waals surface area contributed by atoms with Gasteiger partial charge in [-0.3, -0.25) is 10.00 Å². The Bertz CT molecular complexity index is 560. The van der Waals surface area contributed by atoms with Crippen LogP contribution in [-0.2, 0) is 13.0 Å². The van der Waals surface area contributed by atoms with Gasteiger partial charge in [-0.05, 0) is 51.1 Å². The third kappa shape index (κ3) is 3.27. The number of piperidine rings is 1. The van der Waals surface area contributed by atoms with Crippen LogP contribution < -0.4 is 0 Å². The molecular weight excluding hydrogens is 268 g/mol. The van der Waals surface area contributed by atoms with Crippen molar-refractivity contribution in [1.29, 1.82) is 0 Å². The molecule has 2 aromatic rings. The molecule has 1 aliphatic rings. The normalized spacial score (nSPS) is 20.4. The zero-order chi connectivity index (χ0) is 13.9. The Hall–Kier alpha value is -1.20. The maximum Gasteiger partial charge on any atom is 0.0897 e. The van der Waals surface area contributed by atoms with E-state index in [9.17, 15) is 0 Å². The molecule has 0 amide bonds. The molecule has 108 valence electrons. The maximum absolute atomic E-state index is 4.58. The molecular formula is C15H22N4S. The van der Waals surface area contributed by atoms with Crippen molar-refractivity contribution in [2.45, 2.75) is 39.7 Å². The minimum absolute atomic E-state index is 0.739. The molecule has 0 unspecified atom stereocenters. The van der Waals surface area contributed by atoms with Crippen LogP contribution in [0.15, 0.2) is 11.6 Å². The minimum atomic E-state index is 0.739. The third-order valence-corrected chi connectivity index (χ3v) is 4.90. The molecule has 1 atom stereocenters. The van der Waals surface area contributed by atoms with E-state index in [-0.39, 0.29) is 0 Å². The highest BCUT2D eigenvalue weighted by Crippen LogP contribution is 2.23. The lowest BCUT2D eigenvalue weighted by atomic mass is 9.92. The summed E-state index contributed by atoms with van der Waals surface area (Å²) >= 11 is 1.75. The van der Waals surface area contributed by atoms with Gasteiger partial charge in [0.1, 0.15) is 0 Å². The van der Waals surface area contributed by atoms with Crippen molar-refractivity contribution in [3.63, 3.8) is 0 Å². The highest BCUT2D eigenvalue weighted by atomic mass is 32.1. The van der Waals surface area contributed by atoms with Crippen LogP contribution in [0.25, 0.3) is 0 Å². The summed E-state index contributed by atoms with van der Waals surface area (Å²) in [7, 11) is 0. The van der Waals surface area contributed by atoms with Crippen LogP contribution in [0.1, 0.15) is 34.8 Å². The molecule has 5 heteroatoms. The number of likely N-dealkylation sites (tertiary alicyclic amines) is 1. The van der Waals surface area contributed by atoms with Gasteiger partial charge in [-0.25, -0.2) is 4.98 Å². The predicted molar refractivity (Wildman–Crippen MR) is 81.9 cm³/mol. The van der Waals surface area contributed by atoms with Crippen LogP contribution in [0.3, 0.4) is 0 Å². The Balaban J connectivity index is 1.57. The van der Waals surface area contributed by atoms with Gasteiger partial charge in [0, 0.05) is 24.2 Å². The molecule has 3 heterocycles. The Labute approximate surface area is 124 Å². The lowest BCUT2D eigenvalue weighted by Crippen LogP contribution is -2.35. The molecule has 0 aromatic carbocycles. The standard InChI is InChI=1S/C15H22N4S/c1-11-7-16-18-15(11)6-13-4-3-5-19(8-13)9-14-10-20-12(2)17-14/h7,10,13H,3-6,8-9H2,1-2H3,(H,16,18)/t13-/m1/s1. The number of hydrogen-bond acceptors (Lipinski definition) is 4. The van der Waals surface area contributed by atoms with Crippen molar-refractivity contribution in [2.24, 2.45) is 5.92 Å². The molecule has 1 fully saturated rings. The summed E-state index contributed by atoms with van der Waals surface area (Å²) in [6.07, 6.45) is 5.67. The fourth-order valence-electron chi connectivity index (χ4n) is 3.04. The highest BCUT2D eigenvalue weighted by Gasteiger charge is 2.21. The molecule has 0 spiro atoms. The summed E-state index contributed by atoms with van der Waals surface area (Å²) in [6.45, 7) is 7.60. The number of nitrogens with one attached hydrogen (secondary N) is 1. The quantitative estimate of drug-likeness (QED) is 0.941. The van der Waals surface area contributed by atoms with E-state index in [1.165, 1.54) is 47.9 Å². The second-order valence-electron chi connectivity index (χ2n) is 5.84. The van der Waals surface area contributed by atoms with Crippen LogP contribution in [-0.4, -0.2) is 33.2 Å². The van der Waals surface area contributed by atoms with E-state index in [0.29, 0.717) is 0 Å². The molecule has 0 saturated carbocycles. The van der Waals surface area contributed by atoms with Gasteiger partial charge >= 0.3 is 0 Å². The fraction of sp³-hybridized carbons (Fsp3) is 0.600. The number of aromatic amines is 1.